The third-order valence-electron chi connectivity index (χ3n) is 5.89. The molecule has 1 aliphatic rings. The van der Waals surface area contributed by atoms with E-state index in [0.29, 0.717) is 12.2 Å². The highest BCUT2D eigenvalue weighted by atomic mass is 32.2. The van der Waals surface area contributed by atoms with Crippen LogP contribution in [-0.4, -0.2) is 58.3 Å². The fourth-order valence-electron chi connectivity index (χ4n) is 4.08. The highest BCUT2D eigenvalue weighted by Gasteiger charge is 2.36. The summed E-state index contributed by atoms with van der Waals surface area (Å²) < 4.78 is 30.2. The predicted molar refractivity (Wildman–Crippen MR) is 137 cm³/mol. The molecule has 0 aliphatic carbocycles. The van der Waals surface area contributed by atoms with Gasteiger partial charge in [-0.2, -0.15) is 18.6 Å². The summed E-state index contributed by atoms with van der Waals surface area (Å²) in [6.45, 7) is 2.82. The summed E-state index contributed by atoms with van der Waals surface area (Å²) >= 11 is 0. The van der Waals surface area contributed by atoms with Crippen LogP contribution < -0.4 is 10.1 Å². The lowest BCUT2D eigenvalue weighted by atomic mass is 10.00. The number of hydrogen-bond donors (Lipinski definition) is 1. The summed E-state index contributed by atoms with van der Waals surface area (Å²) in [6.07, 6.45) is 4.97. The molecule has 0 saturated carbocycles. The van der Waals surface area contributed by atoms with E-state index in [1.54, 1.807) is 24.2 Å². The maximum Gasteiger partial charge on any atom is 0.158 e. The van der Waals surface area contributed by atoms with Gasteiger partial charge in [0.05, 0.1) is 36.5 Å². The second-order valence-corrected chi connectivity index (χ2v) is 10.4. The summed E-state index contributed by atoms with van der Waals surface area (Å²) in [5.41, 5.74) is 3.39. The Hall–Kier alpha value is -3.18. The number of rotatable bonds is 7. The van der Waals surface area contributed by atoms with E-state index in [1.807, 2.05) is 30.3 Å². The number of methoxy groups -OCH3 is 1. The second kappa shape index (κ2) is 9.59. The van der Waals surface area contributed by atoms with Gasteiger partial charge in [0, 0.05) is 35.7 Å². The minimum atomic E-state index is -2.93. The average Bonchev–Trinajstić information content (AvgIpc) is 3.24. The molecule has 0 unspecified atom stereocenters. The van der Waals surface area contributed by atoms with Crippen LogP contribution in [0.25, 0.3) is 22.3 Å². The van der Waals surface area contributed by atoms with E-state index in [-0.39, 0.29) is 37.0 Å². The Balaban J connectivity index is 0.00000274. The molecule has 1 aromatic carbocycles. The Bertz CT molecular complexity index is 1410. The van der Waals surface area contributed by atoms with E-state index in [0.717, 1.165) is 33.8 Å². The number of nitrogens with one attached hydrogen (secondary N) is 1. The molecule has 4 heterocycles. The van der Waals surface area contributed by atoms with Gasteiger partial charge in [-0.25, -0.2) is 28.1 Å². The molecule has 178 valence electrons. The van der Waals surface area contributed by atoms with Gasteiger partial charge in [0.2, 0.25) is 0 Å². The fourth-order valence-corrected chi connectivity index (χ4v) is 5.44. The lowest BCUT2D eigenvalue weighted by Crippen LogP contribution is -2.38. The molecule has 1 N–H and O–H groups in total. The summed E-state index contributed by atoms with van der Waals surface area (Å²) in [7, 11) is -1.26. The number of fused-ring (bicyclic) bond motifs is 1. The van der Waals surface area contributed by atoms with Gasteiger partial charge in [0.1, 0.15) is 17.9 Å². The van der Waals surface area contributed by atoms with Gasteiger partial charge < -0.3 is 10.1 Å². The number of nitrogens with zero attached hydrogens (tertiary/aromatic N) is 5. The molecule has 9 nitrogen and oxygen atoms in total. The normalized spacial score (nSPS) is 15.8. The van der Waals surface area contributed by atoms with Crippen molar-refractivity contribution >= 4 is 40.2 Å². The number of benzene rings is 1. The van der Waals surface area contributed by atoms with E-state index >= 15 is 0 Å². The molecule has 34 heavy (non-hydrogen) atoms. The monoisotopic (exact) mass is 498 g/mol. The van der Waals surface area contributed by atoms with Crippen molar-refractivity contribution in [3.05, 3.63) is 60.7 Å². The number of hydrogen-bond acceptors (Lipinski definition) is 8. The van der Waals surface area contributed by atoms with Crippen molar-refractivity contribution in [3.63, 3.8) is 0 Å². The van der Waals surface area contributed by atoms with Crippen LogP contribution >= 0.6 is 13.5 Å². The largest absolute Gasteiger partial charge is 0.496 e. The first-order valence-corrected chi connectivity index (χ1v) is 12.5. The lowest BCUT2D eigenvalue weighted by molar-refractivity contribution is 0.407. The van der Waals surface area contributed by atoms with E-state index in [2.05, 4.69) is 38.4 Å². The number of aromatic nitrogens is 5. The van der Waals surface area contributed by atoms with Crippen molar-refractivity contribution in [2.24, 2.45) is 0 Å². The molecule has 1 fully saturated rings. The molecule has 3 aromatic heterocycles. The average molecular weight is 499 g/mol. The zero-order chi connectivity index (χ0) is 23.0. The summed E-state index contributed by atoms with van der Waals surface area (Å²) in [6, 6.07) is 11.7. The molecule has 11 heteroatoms. The summed E-state index contributed by atoms with van der Waals surface area (Å²) in [5.74, 6) is 2.04. The zero-order valence-electron chi connectivity index (χ0n) is 18.8. The van der Waals surface area contributed by atoms with Crippen molar-refractivity contribution in [2.45, 2.75) is 18.9 Å². The van der Waals surface area contributed by atoms with E-state index in [1.165, 1.54) is 6.33 Å². The van der Waals surface area contributed by atoms with Crippen LogP contribution in [0.1, 0.15) is 24.4 Å². The van der Waals surface area contributed by atoms with Crippen LogP contribution in [0.3, 0.4) is 0 Å². The van der Waals surface area contributed by atoms with Crippen LogP contribution in [-0.2, 0) is 9.84 Å². The van der Waals surface area contributed by atoms with Crippen molar-refractivity contribution in [1.29, 1.82) is 0 Å². The fraction of sp³-hybridized carbons (Fsp3) is 0.304. The van der Waals surface area contributed by atoms with Gasteiger partial charge in [-0.1, -0.05) is 25.1 Å². The number of anilines is 1. The van der Waals surface area contributed by atoms with Gasteiger partial charge in [0.25, 0.3) is 0 Å². The molecular formula is C23H26N6O3S2. The van der Waals surface area contributed by atoms with Gasteiger partial charge in [-0.3, -0.25) is 0 Å². The quantitative estimate of drug-likeness (QED) is 0.413. The Morgan fingerprint density at radius 2 is 1.94 bits per heavy atom. The number of ether oxygens (including phenoxy) is 1. The Labute approximate surface area is 205 Å². The Morgan fingerprint density at radius 3 is 2.71 bits per heavy atom. The van der Waals surface area contributed by atoms with Crippen LogP contribution in [0.5, 0.6) is 5.75 Å². The molecule has 1 atom stereocenters. The van der Waals surface area contributed by atoms with Crippen LogP contribution in [0.2, 0.25) is 0 Å². The first-order valence-electron chi connectivity index (χ1n) is 10.7. The van der Waals surface area contributed by atoms with Crippen molar-refractivity contribution in [3.8, 4) is 17.0 Å². The van der Waals surface area contributed by atoms with Crippen molar-refractivity contribution in [2.75, 3.05) is 30.5 Å². The molecule has 1 saturated heterocycles. The van der Waals surface area contributed by atoms with Crippen molar-refractivity contribution in [1.82, 2.24) is 24.7 Å². The predicted octanol–water partition coefficient (Wildman–Crippen LogP) is 3.19. The minimum absolute atomic E-state index is 0. The smallest absolute Gasteiger partial charge is 0.158 e. The standard InChI is InChI=1S/C23H24N6O3S.H2S/c1-15(19-5-3-4-6-21(19)32-2)9-24-22-8-20(26-14-27-22)16-7-17-11-28-29(23(17)25-10-16)18-12-33(30,31)13-18;/h3-8,10-11,14-15,18H,9,12-13H2,1-2H3,(H,24,26,27);1H2/t15-;/m1./s1. The maximum atomic E-state index is 11.5. The second-order valence-electron chi connectivity index (χ2n) is 8.27. The van der Waals surface area contributed by atoms with Gasteiger partial charge in [-0.15, -0.1) is 0 Å². The summed E-state index contributed by atoms with van der Waals surface area (Å²) in [4.78, 5) is 13.3. The topological polar surface area (TPSA) is 112 Å². The number of pyridine rings is 1. The van der Waals surface area contributed by atoms with Crippen LogP contribution in [0.4, 0.5) is 5.82 Å². The number of sulfone groups is 1. The highest BCUT2D eigenvalue weighted by molar-refractivity contribution is 7.92. The lowest BCUT2D eigenvalue weighted by Gasteiger charge is -2.26. The SMILES string of the molecule is COc1ccccc1[C@H](C)CNc1cc(-c2cnc3c(cnn3C3CS(=O)(=O)C3)c2)ncn1.S. The molecular weight excluding hydrogens is 472 g/mol. The first-order chi connectivity index (χ1) is 15.9. The Kier molecular flexibility index (Phi) is 6.76. The van der Waals surface area contributed by atoms with Crippen LogP contribution in [0, 0.1) is 0 Å². The molecule has 1 aliphatic heterocycles. The molecule has 0 bridgehead atoms. The van der Waals surface area contributed by atoms with E-state index in [9.17, 15) is 8.42 Å². The van der Waals surface area contributed by atoms with Crippen molar-refractivity contribution < 1.29 is 13.2 Å². The van der Waals surface area contributed by atoms with Crippen LogP contribution in [0.15, 0.2) is 55.1 Å². The molecule has 0 amide bonds. The highest BCUT2D eigenvalue weighted by Crippen LogP contribution is 2.29. The molecule has 0 radical (unpaired) electrons. The molecule has 4 aromatic rings. The van der Waals surface area contributed by atoms with Gasteiger partial charge in [-0.05, 0) is 17.7 Å². The third-order valence-corrected chi connectivity index (χ3v) is 7.68. The first kappa shape index (κ1) is 24.0. The maximum absolute atomic E-state index is 11.5. The minimum Gasteiger partial charge on any atom is -0.496 e. The molecule has 0 spiro atoms. The number of para-hydroxylation sites is 1. The van der Waals surface area contributed by atoms with E-state index in [4.69, 9.17) is 4.74 Å². The van der Waals surface area contributed by atoms with Gasteiger partial charge in [0.15, 0.2) is 15.5 Å². The Morgan fingerprint density at radius 1 is 1.15 bits per heavy atom. The summed E-state index contributed by atoms with van der Waals surface area (Å²) in [5, 5.41) is 8.59. The van der Waals surface area contributed by atoms with Gasteiger partial charge >= 0.3 is 0 Å². The third kappa shape index (κ3) is 4.71. The zero-order valence-corrected chi connectivity index (χ0v) is 20.7. The molecule has 5 rings (SSSR count). The van der Waals surface area contributed by atoms with E-state index < -0.39 is 9.84 Å².